The van der Waals surface area contributed by atoms with Gasteiger partial charge in [-0.3, -0.25) is 4.79 Å². The Morgan fingerprint density at radius 3 is 2.46 bits per heavy atom. The number of rotatable bonds is 4. The minimum absolute atomic E-state index is 0.0445. The van der Waals surface area contributed by atoms with Crippen LogP contribution in [-0.2, 0) is 17.4 Å². The van der Waals surface area contributed by atoms with Crippen molar-refractivity contribution in [2.45, 2.75) is 37.5 Å². The summed E-state index contributed by atoms with van der Waals surface area (Å²) in [6.07, 6.45) is -3.26. The monoisotopic (exact) mass is 362 g/mol. The number of ether oxygens (including phenoxy) is 1. The Labute approximate surface area is 148 Å². The molecule has 2 aliphatic rings. The van der Waals surface area contributed by atoms with Crippen LogP contribution in [0.5, 0.6) is 5.75 Å². The van der Waals surface area contributed by atoms with Crippen LogP contribution in [0.4, 0.5) is 13.2 Å². The lowest BCUT2D eigenvalue weighted by Gasteiger charge is -2.16. The fourth-order valence-corrected chi connectivity index (χ4v) is 3.80. The average Bonchev–Trinajstić information content (AvgIpc) is 3.30. The van der Waals surface area contributed by atoms with Crippen molar-refractivity contribution in [3.05, 3.63) is 64.7 Å². The molecule has 3 nitrogen and oxygen atoms in total. The van der Waals surface area contributed by atoms with Gasteiger partial charge >= 0.3 is 12.1 Å². The lowest BCUT2D eigenvalue weighted by molar-refractivity contribution is -0.139. The van der Waals surface area contributed by atoms with Crippen LogP contribution in [0.1, 0.15) is 47.1 Å². The Balaban J connectivity index is 1.50. The van der Waals surface area contributed by atoms with Crippen molar-refractivity contribution in [2.75, 3.05) is 0 Å². The number of carboxylic acids is 1. The van der Waals surface area contributed by atoms with E-state index in [1.165, 1.54) is 6.07 Å². The van der Waals surface area contributed by atoms with Gasteiger partial charge < -0.3 is 9.84 Å². The van der Waals surface area contributed by atoms with Crippen molar-refractivity contribution >= 4 is 5.97 Å². The molecular formula is C20H17F3O3. The van der Waals surface area contributed by atoms with Gasteiger partial charge in [0.05, 0.1) is 11.5 Å². The molecule has 0 radical (unpaired) electrons. The van der Waals surface area contributed by atoms with Crippen molar-refractivity contribution in [2.24, 2.45) is 5.92 Å². The Kier molecular flexibility index (Phi) is 3.93. The number of hydrogen-bond acceptors (Lipinski definition) is 2. The van der Waals surface area contributed by atoms with E-state index >= 15 is 0 Å². The maximum atomic E-state index is 13.1. The molecule has 1 fully saturated rings. The quantitative estimate of drug-likeness (QED) is 0.836. The molecule has 2 aromatic carbocycles. The summed E-state index contributed by atoms with van der Waals surface area (Å²) in [6.45, 7) is 0. The summed E-state index contributed by atoms with van der Waals surface area (Å²) >= 11 is 0. The number of carbonyl (C=O) groups is 1. The largest absolute Gasteiger partial charge is 0.486 e. The van der Waals surface area contributed by atoms with Crippen molar-refractivity contribution in [1.82, 2.24) is 0 Å². The summed E-state index contributed by atoms with van der Waals surface area (Å²) in [6, 6.07) is 11.4. The van der Waals surface area contributed by atoms with Crippen LogP contribution in [0.3, 0.4) is 0 Å². The highest BCUT2D eigenvalue weighted by atomic mass is 19.4. The normalized spacial score (nSPS) is 24.2. The predicted molar refractivity (Wildman–Crippen MR) is 88.1 cm³/mol. The maximum absolute atomic E-state index is 13.1. The van der Waals surface area contributed by atoms with Crippen LogP contribution in [0, 0.1) is 5.92 Å². The molecule has 0 heterocycles. The van der Waals surface area contributed by atoms with Crippen LogP contribution >= 0.6 is 0 Å². The third kappa shape index (κ3) is 3.04. The van der Waals surface area contributed by atoms with Gasteiger partial charge in [-0.15, -0.1) is 0 Å². The first-order chi connectivity index (χ1) is 12.3. The molecule has 26 heavy (non-hydrogen) atoms. The van der Waals surface area contributed by atoms with Crippen LogP contribution in [0.25, 0.3) is 0 Å². The van der Waals surface area contributed by atoms with Crippen molar-refractivity contribution in [1.29, 1.82) is 0 Å². The molecule has 0 aromatic heterocycles. The van der Waals surface area contributed by atoms with E-state index in [2.05, 4.69) is 0 Å². The molecule has 136 valence electrons. The van der Waals surface area contributed by atoms with Crippen molar-refractivity contribution in [3.8, 4) is 5.75 Å². The summed E-state index contributed by atoms with van der Waals surface area (Å²) in [4.78, 5) is 11.0. The van der Waals surface area contributed by atoms with E-state index in [1.54, 1.807) is 18.2 Å². The van der Waals surface area contributed by atoms with E-state index in [0.29, 0.717) is 36.1 Å². The van der Waals surface area contributed by atoms with Gasteiger partial charge in [0.15, 0.2) is 0 Å². The van der Waals surface area contributed by atoms with E-state index in [9.17, 15) is 18.0 Å². The van der Waals surface area contributed by atoms with Crippen molar-refractivity contribution in [3.63, 3.8) is 0 Å². The van der Waals surface area contributed by atoms with E-state index in [-0.39, 0.29) is 11.8 Å². The molecule has 6 heteroatoms. The minimum atomic E-state index is -4.35. The number of alkyl halides is 3. The third-order valence-corrected chi connectivity index (χ3v) is 5.22. The molecule has 2 aromatic rings. The highest BCUT2D eigenvalue weighted by molar-refractivity contribution is 5.75. The Hall–Kier alpha value is -2.50. The molecule has 1 N–H and O–H groups in total. The summed E-state index contributed by atoms with van der Waals surface area (Å²) in [5, 5.41) is 9.00. The molecule has 3 atom stereocenters. The van der Waals surface area contributed by atoms with Gasteiger partial charge in [-0.05, 0) is 60.1 Å². The SMILES string of the molecule is O=C(O)[C@H]1C[C@@H]1c1ccc(O[C@@H]2CCc3c2cccc3C(F)(F)F)cc1. The molecule has 1 saturated carbocycles. The number of aliphatic carboxylic acids is 1. The zero-order valence-electron chi connectivity index (χ0n) is 13.8. The number of hydrogen-bond donors (Lipinski definition) is 1. The number of benzene rings is 2. The molecule has 0 saturated heterocycles. The van der Waals surface area contributed by atoms with Crippen LogP contribution < -0.4 is 4.74 Å². The lowest BCUT2D eigenvalue weighted by Crippen LogP contribution is -2.09. The molecule has 0 bridgehead atoms. The van der Waals surface area contributed by atoms with Gasteiger partial charge in [0.25, 0.3) is 0 Å². The molecule has 0 aliphatic heterocycles. The summed E-state index contributed by atoms with van der Waals surface area (Å²) in [5.41, 5.74) is 1.29. The van der Waals surface area contributed by atoms with Gasteiger partial charge in [-0.1, -0.05) is 24.3 Å². The van der Waals surface area contributed by atoms with E-state index in [4.69, 9.17) is 9.84 Å². The highest BCUT2D eigenvalue weighted by Gasteiger charge is 2.44. The van der Waals surface area contributed by atoms with E-state index in [1.807, 2.05) is 12.1 Å². The summed E-state index contributed by atoms with van der Waals surface area (Å²) in [5.74, 6) is -0.470. The second kappa shape index (κ2) is 6.04. The van der Waals surface area contributed by atoms with Gasteiger partial charge in [0.1, 0.15) is 11.9 Å². The first kappa shape index (κ1) is 16.9. The smallest absolute Gasteiger partial charge is 0.416 e. The first-order valence-electron chi connectivity index (χ1n) is 8.53. The summed E-state index contributed by atoms with van der Waals surface area (Å²) in [7, 11) is 0. The number of fused-ring (bicyclic) bond motifs is 1. The first-order valence-corrected chi connectivity index (χ1v) is 8.53. The third-order valence-electron chi connectivity index (χ3n) is 5.22. The zero-order valence-corrected chi connectivity index (χ0v) is 13.8. The maximum Gasteiger partial charge on any atom is 0.416 e. The van der Waals surface area contributed by atoms with E-state index < -0.39 is 23.8 Å². The molecule has 0 unspecified atom stereocenters. The van der Waals surface area contributed by atoms with Gasteiger partial charge in [0, 0.05) is 0 Å². The fourth-order valence-electron chi connectivity index (χ4n) is 3.80. The summed E-state index contributed by atoms with van der Waals surface area (Å²) < 4.78 is 45.3. The predicted octanol–water partition coefficient (Wildman–Crippen LogP) is 4.96. The van der Waals surface area contributed by atoms with Gasteiger partial charge in [-0.2, -0.15) is 13.2 Å². The molecule has 4 rings (SSSR count). The second-order valence-electron chi connectivity index (χ2n) is 6.87. The zero-order chi connectivity index (χ0) is 18.5. The van der Waals surface area contributed by atoms with E-state index in [0.717, 1.165) is 11.6 Å². The molecule has 0 amide bonds. The average molecular weight is 362 g/mol. The fraction of sp³-hybridized carbons (Fsp3) is 0.350. The Morgan fingerprint density at radius 1 is 1.12 bits per heavy atom. The number of halogens is 3. The topological polar surface area (TPSA) is 46.5 Å². The molecule has 0 spiro atoms. The van der Waals surface area contributed by atoms with Gasteiger partial charge in [0.2, 0.25) is 0 Å². The molecular weight excluding hydrogens is 345 g/mol. The van der Waals surface area contributed by atoms with Gasteiger partial charge in [-0.25, -0.2) is 0 Å². The second-order valence-corrected chi connectivity index (χ2v) is 6.87. The Bertz CT molecular complexity index is 842. The Morgan fingerprint density at radius 2 is 1.85 bits per heavy atom. The standard InChI is InChI=1S/C20H17F3O3/c21-20(22,23)17-3-1-2-14-13(17)8-9-18(14)26-12-6-4-11(5-7-12)15-10-16(15)19(24)25/h1-7,15-16,18H,8-10H2,(H,24,25)/t15-,16+,18-/m1/s1. The van der Waals surface area contributed by atoms with Crippen LogP contribution in [0.15, 0.2) is 42.5 Å². The van der Waals surface area contributed by atoms with Crippen molar-refractivity contribution < 1.29 is 27.8 Å². The highest BCUT2D eigenvalue weighted by Crippen LogP contribution is 2.48. The van der Waals surface area contributed by atoms with Crippen LogP contribution in [0.2, 0.25) is 0 Å². The molecule has 2 aliphatic carbocycles. The lowest BCUT2D eigenvalue weighted by atomic mass is 10.0. The van der Waals surface area contributed by atoms with Crippen LogP contribution in [-0.4, -0.2) is 11.1 Å². The number of carboxylic acid groups (broad SMARTS) is 1. The minimum Gasteiger partial charge on any atom is -0.486 e.